The van der Waals surface area contributed by atoms with E-state index in [1.54, 1.807) is 31.4 Å². The summed E-state index contributed by atoms with van der Waals surface area (Å²) in [6.07, 6.45) is 0. The molecule has 0 unspecified atom stereocenters. The van der Waals surface area contributed by atoms with Gasteiger partial charge in [-0.15, -0.1) is 0 Å². The summed E-state index contributed by atoms with van der Waals surface area (Å²) in [6.45, 7) is 0.410. The third kappa shape index (κ3) is 5.26. The van der Waals surface area contributed by atoms with Gasteiger partial charge in [0, 0.05) is 5.56 Å². The fraction of sp³-hybridized carbons (Fsp3) is 0.0741. The normalized spacial score (nSPS) is 10.3. The number of carbonyl (C=O) groups is 1. The Labute approximate surface area is 187 Å². The van der Waals surface area contributed by atoms with Gasteiger partial charge in [0.25, 0.3) is 5.91 Å². The molecule has 0 fully saturated rings. The Morgan fingerprint density at radius 3 is 2.19 bits per heavy atom. The second-order valence-corrected chi connectivity index (χ2v) is 7.01. The van der Waals surface area contributed by atoms with Gasteiger partial charge in [0.2, 0.25) is 0 Å². The average molecular weight is 425 g/mol. The molecule has 0 aliphatic heterocycles. The molecule has 0 saturated carbocycles. The molecule has 5 heteroatoms. The molecule has 32 heavy (non-hydrogen) atoms. The molecule has 1 N–H and O–H groups in total. The summed E-state index contributed by atoms with van der Waals surface area (Å²) in [6, 6.07) is 31.7. The van der Waals surface area contributed by atoms with E-state index in [2.05, 4.69) is 5.32 Å². The Balaban J connectivity index is 1.48. The zero-order valence-corrected chi connectivity index (χ0v) is 17.7. The van der Waals surface area contributed by atoms with Crippen LogP contribution in [-0.2, 0) is 6.61 Å². The minimum atomic E-state index is -0.276. The molecule has 4 aromatic rings. The first kappa shape index (κ1) is 21.0. The van der Waals surface area contributed by atoms with Crippen molar-refractivity contribution in [1.82, 2.24) is 0 Å². The molecule has 5 nitrogen and oxygen atoms in total. The number of carbonyl (C=O) groups excluding carboxylic acids is 1. The highest BCUT2D eigenvalue weighted by Gasteiger charge is 2.14. The molecule has 0 atom stereocenters. The Hall–Kier alpha value is -4.25. The minimum Gasteiger partial charge on any atom is -0.493 e. The van der Waals surface area contributed by atoms with E-state index < -0.39 is 0 Å². The van der Waals surface area contributed by atoms with E-state index in [0.717, 1.165) is 5.56 Å². The van der Waals surface area contributed by atoms with E-state index >= 15 is 0 Å². The molecule has 0 heterocycles. The van der Waals surface area contributed by atoms with Gasteiger partial charge >= 0.3 is 0 Å². The first-order valence-electron chi connectivity index (χ1n) is 10.2. The van der Waals surface area contributed by atoms with Gasteiger partial charge in [-0.05, 0) is 48.0 Å². The fourth-order valence-electron chi connectivity index (χ4n) is 3.13. The Morgan fingerprint density at radius 1 is 0.750 bits per heavy atom. The van der Waals surface area contributed by atoms with Crippen molar-refractivity contribution in [2.24, 2.45) is 0 Å². The van der Waals surface area contributed by atoms with Gasteiger partial charge in [-0.1, -0.05) is 60.7 Å². The second-order valence-electron chi connectivity index (χ2n) is 7.01. The molecule has 4 aromatic carbocycles. The number of ether oxygens (including phenoxy) is 3. The maximum absolute atomic E-state index is 12.9. The van der Waals surface area contributed by atoms with Crippen LogP contribution in [0.3, 0.4) is 0 Å². The maximum Gasteiger partial charge on any atom is 0.255 e. The SMILES string of the molecule is COc1cc(C(=O)Nc2ccccc2Oc2ccccc2)ccc1OCc1ccccc1. The molecule has 4 rings (SSSR count). The lowest BCUT2D eigenvalue weighted by atomic mass is 10.1. The molecular formula is C27H23NO4. The number of hydrogen-bond donors (Lipinski definition) is 1. The van der Waals surface area contributed by atoms with Crippen molar-refractivity contribution in [2.75, 3.05) is 12.4 Å². The highest BCUT2D eigenvalue weighted by molar-refractivity contribution is 6.05. The Morgan fingerprint density at radius 2 is 1.44 bits per heavy atom. The smallest absolute Gasteiger partial charge is 0.255 e. The molecule has 0 aromatic heterocycles. The number of benzene rings is 4. The van der Waals surface area contributed by atoms with Crippen LogP contribution in [0.5, 0.6) is 23.0 Å². The van der Waals surface area contributed by atoms with Crippen molar-refractivity contribution >= 4 is 11.6 Å². The summed E-state index contributed by atoms with van der Waals surface area (Å²) < 4.78 is 17.2. The molecule has 0 spiro atoms. The van der Waals surface area contributed by atoms with E-state index in [1.807, 2.05) is 78.9 Å². The van der Waals surface area contributed by atoms with Crippen molar-refractivity contribution in [2.45, 2.75) is 6.61 Å². The van der Waals surface area contributed by atoms with Crippen molar-refractivity contribution < 1.29 is 19.0 Å². The first-order chi connectivity index (χ1) is 15.7. The predicted molar refractivity (Wildman–Crippen MR) is 125 cm³/mol. The number of nitrogens with one attached hydrogen (secondary N) is 1. The van der Waals surface area contributed by atoms with Crippen LogP contribution in [0.1, 0.15) is 15.9 Å². The summed E-state index contributed by atoms with van der Waals surface area (Å²) in [5.74, 6) is 2.03. The molecule has 0 bridgehead atoms. The third-order valence-corrected chi connectivity index (χ3v) is 4.77. The summed E-state index contributed by atoms with van der Waals surface area (Å²) in [7, 11) is 1.55. The van der Waals surface area contributed by atoms with Gasteiger partial charge in [0.1, 0.15) is 12.4 Å². The van der Waals surface area contributed by atoms with Crippen LogP contribution in [0, 0.1) is 0 Å². The molecule has 0 aliphatic carbocycles. The lowest BCUT2D eigenvalue weighted by Crippen LogP contribution is -2.13. The predicted octanol–water partition coefficient (Wildman–Crippen LogP) is 6.32. The highest BCUT2D eigenvalue weighted by atomic mass is 16.5. The molecule has 1 amide bonds. The van der Waals surface area contributed by atoms with Crippen LogP contribution in [0.15, 0.2) is 103 Å². The number of amides is 1. The van der Waals surface area contributed by atoms with Gasteiger partial charge in [-0.3, -0.25) is 4.79 Å². The van der Waals surface area contributed by atoms with Gasteiger partial charge in [0.15, 0.2) is 17.2 Å². The quantitative estimate of drug-likeness (QED) is 0.359. The second kappa shape index (κ2) is 10.2. The van der Waals surface area contributed by atoms with E-state index in [4.69, 9.17) is 14.2 Å². The average Bonchev–Trinajstić information content (AvgIpc) is 2.85. The molecule has 0 aliphatic rings. The van der Waals surface area contributed by atoms with E-state index in [0.29, 0.717) is 40.9 Å². The Kier molecular flexibility index (Phi) is 6.68. The summed E-state index contributed by atoms with van der Waals surface area (Å²) >= 11 is 0. The summed E-state index contributed by atoms with van der Waals surface area (Å²) in [5.41, 5.74) is 2.07. The van der Waals surface area contributed by atoms with Crippen LogP contribution in [0.2, 0.25) is 0 Å². The number of hydrogen-bond acceptors (Lipinski definition) is 4. The minimum absolute atomic E-state index is 0.276. The largest absolute Gasteiger partial charge is 0.493 e. The van der Waals surface area contributed by atoms with Crippen LogP contribution in [0.4, 0.5) is 5.69 Å². The number of rotatable bonds is 8. The van der Waals surface area contributed by atoms with Crippen molar-refractivity contribution in [1.29, 1.82) is 0 Å². The van der Waals surface area contributed by atoms with Crippen LogP contribution in [0.25, 0.3) is 0 Å². The van der Waals surface area contributed by atoms with Gasteiger partial charge in [0.05, 0.1) is 12.8 Å². The number of anilines is 1. The Bertz CT molecular complexity index is 1180. The highest BCUT2D eigenvalue weighted by Crippen LogP contribution is 2.31. The lowest BCUT2D eigenvalue weighted by Gasteiger charge is -2.14. The van der Waals surface area contributed by atoms with Crippen LogP contribution >= 0.6 is 0 Å². The third-order valence-electron chi connectivity index (χ3n) is 4.77. The molecule has 0 radical (unpaired) electrons. The van der Waals surface area contributed by atoms with Gasteiger partial charge in [-0.25, -0.2) is 0 Å². The van der Waals surface area contributed by atoms with E-state index in [-0.39, 0.29) is 5.91 Å². The number of para-hydroxylation sites is 3. The van der Waals surface area contributed by atoms with Crippen LogP contribution in [-0.4, -0.2) is 13.0 Å². The zero-order chi connectivity index (χ0) is 22.2. The van der Waals surface area contributed by atoms with Crippen LogP contribution < -0.4 is 19.5 Å². The standard InChI is InChI=1S/C27H23NO4/c1-30-26-18-21(16-17-25(26)31-19-20-10-4-2-5-11-20)27(29)28-23-14-8-9-15-24(23)32-22-12-6-3-7-13-22/h2-18H,19H2,1H3,(H,28,29). The zero-order valence-electron chi connectivity index (χ0n) is 17.7. The van der Waals surface area contributed by atoms with Gasteiger partial charge < -0.3 is 19.5 Å². The number of methoxy groups -OCH3 is 1. The first-order valence-corrected chi connectivity index (χ1v) is 10.2. The fourth-order valence-corrected chi connectivity index (χ4v) is 3.13. The van der Waals surface area contributed by atoms with E-state index in [1.165, 1.54) is 0 Å². The summed E-state index contributed by atoms with van der Waals surface area (Å²) in [5, 5.41) is 2.92. The lowest BCUT2D eigenvalue weighted by molar-refractivity contribution is 0.102. The van der Waals surface area contributed by atoms with Crippen molar-refractivity contribution in [3.05, 3.63) is 114 Å². The molecule has 160 valence electrons. The maximum atomic E-state index is 12.9. The van der Waals surface area contributed by atoms with Crippen molar-refractivity contribution in [3.63, 3.8) is 0 Å². The topological polar surface area (TPSA) is 56.8 Å². The summed E-state index contributed by atoms with van der Waals surface area (Å²) in [4.78, 5) is 12.9. The molecular weight excluding hydrogens is 402 g/mol. The van der Waals surface area contributed by atoms with Crippen molar-refractivity contribution in [3.8, 4) is 23.0 Å². The monoisotopic (exact) mass is 425 g/mol. The molecule has 0 saturated heterocycles. The van der Waals surface area contributed by atoms with E-state index in [9.17, 15) is 4.79 Å². The van der Waals surface area contributed by atoms with Gasteiger partial charge in [-0.2, -0.15) is 0 Å².